The van der Waals surface area contributed by atoms with Crippen LogP contribution >= 0.6 is 0 Å². The van der Waals surface area contributed by atoms with Gasteiger partial charge in [0, 0.05) is 32.4 Å². The van der Waals surface area contributed by atoms with E-state index in [2.05, 4.69) is 10.3 Å². The van der Waals surface area contributed by atoms with Crippen LogP contribution in [0.15, 0.2) is 12.4 Å². The van der Waals surface area contributed by atoms with Gasteiger partial charge >= 0.3 is 0 Å². The molecule has 5 nitrogen and oxygen atoms in total. The second kappa shape index (κ2) is 4.76. The molecule has 0 saturated carbocycles. The number of hydrogen-bond donors (Lipinski definition) is 2. The van der Waals surface area contributed by atoms with Gasteiger partial charge in [0.25, 0.3) is 0 Å². The molecule has 0 aliphatic heterocycles. The number of carbonyl (C=O) groups is 1. The van der Waals surface area contributed by atoms with Gasteiger partial charge in [0.05, 0.1) is 6.04 Å². The van der Waals surface area contributed by atoms with Crippen molar-refractivity contribution in [1.82, 2.24) is 14.9 Å². The summed E-state index contributed by atoms with van der Waals surface area (Å²) >= 11 is 0. The topological polar surface area (TPSA) is 72.9 Å². The quantitative estimate of drug-likeness (QED) is 0.677. The molecule has 0 aliphatic rings. The van der Waals surface area contributed by atoms with Crippen molar-refractivity contribution in [3.63, 3.8) is 0 Å². The van der Waals surface area contributed by atoms with Crippen LogP contribution in [0.1, 0.15) is 12.7 Å². The summed E-state index contributed by atoms with van der Waals surface area (Å²) in [5, 5.41) is 2.73. The zero-order valence-electron chi connectivity index (χ0n) is 8.53. The molecular formula is C9H16N4O. The maximum Gasteiger partial charge on any atom is 0.236 e. The lowest BCUT2D eigenvalue weighted by Crippen LogP contribution is -2.39. The fraction of sp³-hybridized carbons (Fsp3) is 0.556. The van der Waals surface area contributed by atoms with Crippen LogP contribution in [-0.2, 0) is 18.3 Å². The highest BCUT2D eigenvalue weighted by molar-refractivity contribution is 5.80. The summed E-state index contributed by atoms with van der Waals surface area (Å²) in [6.45, 7) is 2.24. The van der Waals surface area contributed by atoms with Gasteiger partial charge in [-0.3, -0.25) is 4.79 Å². The van der Waals surface area contributed by atoms with Crippen LogP contribution in [0.4, 0.5) is 0 Å². The smallest absolute Gasteiger partial charge is 0.236 e. The first-order valence-corrected chi connectivity index (χ1v) is 4.60. The molecule has 0 saturated heterocycles. The number of rotatable bonds is 4. The number of hydrogen-bond acceptors (Lipinski definition) is 3. The molecule has 0 unspecified atom stereocenters. The Balaban J connectivity index is 2.29. The molecule has 0 bridgehead atoms. The van der Waals surface area contributed by atoms with E-state index in [4.69, 9.17) is 5.73 Å². The predicted octanol–water partition coefficient (Wildman–Crippen LogP) is -0.574. The van der Waals surface area contributed by atoms with Gasteiger partial charge in [-0.25, -0.2) is 4.98 Å². The Bertz CT molecular complexity index is 306. The average molecular weight is 196 g/mol. The molecule has 0 aromatic carbocycles. The van der Waals surface area contributed by atoms with Crippen LogP contribution in [0.5, 0.6) is 0 Å². The van der Waals surface area contributed by atoms with Crippen LogP contribution in [0.25, 0.3) is 0 Å². The Kier molecular flexibility index (Phi) is 3.64. The van der Waals surface area contributed by atoms with Gasteiger partial charge in [-0.2, -0.15) is 0 Å². The number of imidazole rings is 1. The lowest BCUT2D eigenvalue weighted by molar-refractivity contribution is -0.121. The molecular weight excluding hydrogens is 180 g/mol. The fourth-order valence-corrected chi connectivity index (χ4v) is 1.10. The van der Waals surface area contributed by atoms with Crippen LogP contribution < -0.4 is 11.1 Å². The maximum absolute atomic E-state index is 11.1. The largest absolute Gasteiger partial charge is 0.354 e. The van der Waals surface area contributed by atoms with Gasteiger partial charge in [0.2, 0.25) is 5.91 Å². The van der Waals surface area contributed by atoms with Gasteiger partial charge in [-0.1, -0.05) is 0 Å². The summed E-state index contributed by atoms with van der Waals surface area (Å²) in [7, 11) is 1.93. The number of nitrogens with zero attached hydrogens (tertiary/aromatic N) is 2. The summed E-state index contributed by atoms with van der Waals surface area (Å²) in [6.07, 6.45) is 4.34. The number of nitrogens with two attached hydrogens (primary N) is 1. The third kappa shape index (κ3) is 2.85. The molecule has 5 heteroatoms. The molecule has 1 atom stereocenters. The van der Waals surface area contributed by atoms with Crippen molar-refractivity contribution in [2.75, 3.05) is 6.54 Å². The SMILES string of the molecule is C[C@H](N)C(=O)NCCc1nccn1C. The molecule has 0 aliphatic carbocycles. The Labute approximate surface area is 83.3 Å². The molecule has 1 rings (SSSR count). The molecule has 0 fully saturated rings. The van der Waals surface area contributed by atoms with Crippen molar-refractivity contribution in [3.05, 3.63) is 18.2 Å². The number of nitrogens with one attached hydrogen (secondary N) is 1. The molecule has 0 radical (unpaired) electrons. The van der Waals surface area contributed by atoms with Crippen LogP contribution in [0, 0.1) is 0 Å². The van der Waals surface area contributed by atoms with Gasteiger partial charge in [0.15, 0.2) is 0 Å². The minimum absolute atomic E-state index is 0.126. The maximum atomic E-state index is 11.1. The van der Waals surface area contributed by atoms with Crippen molar-refractivity contribution in [2.45, 2.75) is 19.4 Å². The molecule has 1 heterocycles. The van der Waals surface area contributed by atoms with Crippen LogP contribution in [0.2, 0.25) is 0 Å². The van der Waals surface area contributed by atoms with Crippen molar-refractivity contribution >= 4 is 5.91 Å². The number of carbonyl (C=O) groups excluding carboxylic acids is 1. The Morgan fingerprint density at radius 3 is 3.00 bits per heavy atom. The Morgan fingerprint density at radius 2 is 2.50 bits per heavy atom. The highest BCUT2D eigenvalue weighted by Crippen LogP contribution is 1.93. The van der Waals surface area contributed by atoms with Gasteiger partial charge in [-0.05, 0) is 6.92 Å². The van der Waals surface area contributed by atoms with Gasteiger partial charge < -0.3 is 15.6 Å². The fourth-order valence-electron chi connectivity index (χ4n) is 1.10. The van der Waals surface area contributed by atoms with Crippen LogP contribution in [-0.4, -0.2) is 28.0 Å². The first-order valence-electron chi connectivity index (χ1n) is 4.60. The van der Waals surface area contributed by atoms with E-state index < -0.39 is 6.04 Å². The summed E-state index contributed by atoms with van der Waals surface area (Å²) in [5.41, 5.74) is 5.39. The Morgan fingerprint density at radius 1 is 1.79 bits per heavy atom. The molecule has 78 valence electrons. The summed E-state index contributed by atoms with van der Waals surface area (Å²) in [6, 6.07) is -0.448. The molecule has 14 heavy (non-hydrogen) atoms. The van der Waals surface area contributed by atoms with E-state index in [1.807, 2.05) is 17.8 Å². The lowest BCUT2D eigenvalue weighted by Gasteiger charge is -2.07. The Hall–Kier alpha value is -1.36. The standard InChI is InChI=1S/C9H16N4O/c1-7(10)9(14)12-4-3-8-11-5-6-13(8)2/h5-7H,3-4,10H2,1-2H3,(H,12,14)/t7-/m0/s1. The predicted molar refractivity (Wildman–Crippen MR) is 53.6 cm³/mol. The average Bonchev–Trinajstić information content (AvgIpc) is 2.51. The number of amides is 1. The molecule has 1 amide bonds. The van der Waals surface area contributed by atoms with E-state index in [1.165, 1.54) is 0 Å². The second-order valence-corrected chi connectivity index (χ2v) is 3.28. The monoisotopic (exact) mass is 196 g/mol. The zero-order valence-corrected chi connectivity index (χ0v) is 8.53. The van der Waals surface area contributed by atoms with Gasteiger partial charge in [-0.15, -0.1) is 0 Å². The van der Waals surface area contributed by atoms with E-state index in [9.17, 15) is 4.79 Å². The van der Waals surface area contributed by atoms with E-state index in [1.54, 1.807) is 13.1 Å². The highest BCUT2D eigenvalue weighted by Gasteiger charge is 2.06. The van der Waals surface area contributed by atoms with Gasteiger partial charge in [0.1, 0.15) is 5.82 Å². The summed E-state index contributed by atoms with van der Waals surface area (Å²) in [4.78, 5) is 15.2. The minimum Gasteiger partial charge on any atom is -0.354 e. The highest BCUT2D eigenvalue weighted by atomic mass is 16.2. The van der Waals surface area contributed by atoms with E-state index in [0.29, 0.717) is 6.54 Å². The first-order chi connectivity index (χ1) is 6.61. The molecule has 0 spiro atoms. The third-order valence-electron chi connectivity index (χ3n) is 1.98. The summed E-state index contributed by atoms with van der Waals surface area (Å²) in [5.74, 6) is 0.828. The normalized spacial score (nSPS) is 12.5. The first kappa shape index (κ1) is 10.7. The third-order valence-corrected chi connectivity index (χ3v) is 1.98. The number of aromatic nitrogens is 2. The van der Waals surface area contributed by atoms with E-state index in [-0.39, 0.29) is 5.91 Å². The zero-order chi connectivity index (χ0) is 10.6. The molecule has 3 N–H and O–H groups in total. The molecule has 1 aromatic rings. The second-order valence-electron chi connectivity index (χ2n) is 3.28. The van der Waals surface area contributed by atoms with Crippen molar-refractivity contribution in [2.24, 2.45) is 12.8 Å². The number of aryl methyl sites for hydroxylation is 1. The summed E-state index contributed by atoms with van der Waals surface area (Å²) < 4.78 is 1.93. The van der Waals surface area contributed by atoms with E-state index >= 15 is 0 Å². The van der Waals surface area contributed by atoms with Crippen LogP contribution in [0.3, 0.4) is 0 Å². The molecule has 1 aromatic heterocycles. The minimum atomic E-state index is -0.448. The van der Waals surface area contributed by atoms with Crippen molar-refractivity contribution in [3.8, 4) is 0 Å². The van der Waals surface area contributed by atoms with E-state index in [0.717, 1.165) is 12.2 Å². The lowest BCUT2D eigenvalue weighted by atomic mass is 10.3. The van der Waals surface area contributed by atoms with Crippen molar-refractivity contribution in [1.29, 1.82) is 0 Å². The van der Waals surface area contributed by atoms with Crippen molar-refractivity contribution < 1.29 is 4.79 Å².